The minimum Gasteiger partial charge on any atom is -0.480 e. The van der Waals surface area contributed by atoms with E-state index in [1.807, 2.05) is 17.0 Å². The predicted octanol–water partition coefficient (Wildman–Crippen LogP) is -0.706. The molecule has 45 heavy (non-hydrogen) atoms. The summed E-state index contributed by atoms with van der Waals surface area (Å²) in [7, 11) is -3.55. The molecule has 2 atom stereocenters. The van der Waals surface area contributed by atoms with E-state index in [0.717, 1.165) is 53.8 Å². The number of pyridine rings is 1. The van der Waals surface area contributed by atoms with E-state index in [1.54, 1.807) is 12.4 Å². The lowest BCUT2D eigenvalue weighted by Gasteiger charge is -2.46. The maximum Gasteiger partial charge on any atom is 0.341 e. The topological polar surface area (TPSA) is 187 Å². The Hall–Kier alpha value is -4.64. The second-order valence-electron chi connectivity index (χ2n) is 10.6. The molecule has 0 unspecified atom stereocenters. The number of carbonyl (C=O) groups is 5. The van der Waals surface area contributed by atoms with Crippen molar-refractivity contribution in [2.24, 2.45) is 0 Å². The molecule has 0 bridgehead atoms. The zero-order chi connectivity index (χ0) is 32.9. The van der Waals surface area contributed by atoms with E-state index in [0.29, 0.717) is 13.1 Å². The van der Waals surface area contributed by atoms with Gasteiger partial charge in [0.15, 0.2) is 0 Å². The molecule has 1 aromatic carbocycles. The van der Waals surface area contributed by atoms with Gasteiger partial charge in [-0.05, 0) is 43.3 Å². The Morgan fingerprint density at radius 1 is 1.02 bits per heavy atom. The van der Waals surface area contributed by atoms with E-state index in [1.165, 1.54) is 4.90 Å². The summed E-state index contributed by atoms with van der Waals surface area (Å²) in [5, 5.41) is 9.23. The summed E-state index contributed by atoms with van der Waals surface area (Å²) >= 11 is 0. The van der Waals surface area contributed by atoms with Crippen LogP contribution in [0.1, 0.15) is 13.3 Å². The largest absolute Gasteiger partial charge is 0.480 e. The van der Waals surface area contributed by atoms with Crippen molar-refractivity contribution in [3.8, 4) is 0 Å². The molecule has 1 aromatic heterocycles. The summed E-state index contributed by atoms with van der Waals surface area (Å²) in [5.41, 5.74) is -1.45. The Bertz CT molecular complexity index is 1550. The summed E-state index contributed by atoms with van der Waals surface area (Å²) < 4.78 is 47.1. The Kier molecular flexibility index (Phi) is 10.0. The number of sulfonamides is 1. The highest BCUT2D eigenvalue weighted by atomic mass is 32.2. The molecule has 0 spiro atoms. The summed E-state index contributed by atoms with van der Waals surface area (Å²) in [4.78, 5) is 74.0. The van der Waals surface area contributed by atoms with Gasteiger partial charge >= 0.3 is 11.9 Å². The first-order valence-electron chi connectivity index (χ1n) is 13.9. The average Bonchev–Trinajstić information content (AvgIpc) is 3.02. The van der Waals surface area contributed by atoms with E-state index in [4.69, 9.17) is 4.74 Å². The van der Waals surface area contributed by atoms with Gasteiger partial charge < -0.3 is 29.4 Å². The van der Waals surface area contributed by atoms with Crippen molar-refractivity contribution in [2.45, 2.75) is 29.8 Å². The van der Waals surface area contributed by atoms with Gasteiger partial charge in [-0.15, -0.1) is 0 Å². The maximum absolute atomic E-state index is 14.1. The highest BCUT2D eigenvalue weighted by Gasteiger charge is 2.56. The normalized spacial score (nSPS) is 19.7. The quantitative estimate of drug-likeness (QED) is 0.245. The summed E-state index contributed by atoms with van der Waals surface area (Å²) in [5.74, 6) is -5.94. The van der Waals surface area contributed by atoms with Gasteiger partial charge in [0.05, 0.1) is 18.4 Å². The molecule has 17 heteroatoms. The van der Waals surface area contributed by atoms with Crippen LogP contribution in [0.25, 0.3) is 0 Å². The lowest BCUT2D eigenvalue weighted by molar-refractivity contribution is -0.177. The van der Waals surface area contributed by atoms with Crippen molar-refractivity contribution in [3.05, 3.63) is 54.6 Å². The monoisotopic (exact) mass is 648 g/mol. The van der Waals surface area contributed by atoms with E-state index in [2.05, 4.69) is 9.71 Å². The number of ether oxygens (including phenoxy) is 1. The smallest absolute Gasteiger partial charge is 0.341 e. The number of hydrogen-bond acceptors (Lipinski definition) is 10. The number of rotatable bonds is 10. The van der Waals surface area contributed by atoms with Crippen molar-refractivity contribution in [1.82, 2.24) is 24.4 Å². The van der Waals surface area contributed by atoms with Crippen LogP contribution in [0.3, 0.4) is 0 Å². The number of piperazine rings is 2. The highest BCUT2D eigenvalue weighted by Crippen LogP contribution is 2.27. The van der Waals surface area contributed by atoms with Crippen LogP contribution in [-0.2, 0) is 38.7 Å². The third-order valence-electron chi connectivity index (χ3n) is 7.77. The number of anilines is 1. The lowest BCUT2D eigenvalue weighted by atomic mass is 9.93. The molecule has 2 aromatic rings. The fraction of sp³-hybridized carbons (Fsp3) is 0.429. The van der Waals surface area contributed by atoms with Gasteiger partial charge in [-0.25, -0.2) is 17.6 Å². The number of hydrogen-bond donors (Lipinski definition) is 2. The van der Waals surface area contributed by atoms with Crippen LogP contribution in [0.5, 0.6) is 0 Å². The number of carboxylic acids is 1. The number of aliphatic carboxylic acids is 1. The van der Waals surface area contributed by atoms with Gasteiger partial charge in [0.1, 0.15) is 18.4 Å². The minimum absolute atomic E-state index is 0.263. The standard InChI is InChI=1S/C28H33FN6O9S/c1-28(27(41)44-2)26(40)34(18-24(37)38)15-16-35(28)25(39)22(31-45(42,43)21-5-3-19(29)4-6-21)17-23(36)33-13-11-32(12-14-33)20-7-9-30-10-8-20/h3-10,22,31H,11-18H2,1-2H3,(H,37,38)/t22-,28+/m0/s1. The first-order chi connectivity index (χ1) is 21.3. The molecular weight excluding hydrogens is 615 g/mol. The Labute approximate surface area is 258 Å². The number of carboxylic acid groups (broad SMARTS) is 1. The molecule has 2 aliphatic rings. The molecule has 2 fully saturated rings. The van der Waals surface area contributed by atoms with Gasteiger partial charge in [0.25, 0.3) is 5.91 Å². The number of nitrogens with zero attached hydrogens (tertiary/aromatic N) is 5. The second-order valence-corrected chi connectivity index (χ2v) is 12.3. The van der Waals surface area contributed by atoms with Crippen LogP contribution in [0.2, 0.25) is 0 Å². The van der Waals surface area contributed by atoms with Gasteiger partial charge in [0.2, 0.25) is 27.4 Å². The van der Waals surface area contributed by atoms with Crippen molar-refractivity contribution >= 4 is 45.4 Å². The molecule has 242 valence electrons. The fourth-order valence-electron chi connectivity index (χ4n) is 5.32. The molecule has 0 aliphatic carbocycles. The zero-order valence-corrected chi connectivity index (χ0v) is 25.4. The Morgan fingerprint density at radius 3 is 2.22 bits per heavy atom. The number of esters is 1. The number of halogens is 1. The van der Waals surface area contributed by atoms with Crippen LogP contribution < -0.4 is 9.62 Å². The molecule has 0 saturated carbocycles. The molecule has 3 amide bonds. The molecular formula is C28H33FN6O9S. The number of methoxy groups -OCH3 is 1. The van der Waals surface area contributed by atoms with E-state index < -0.39 is 74.9 Å². The summed E-state index contributed by atoms with van der Waals surface area (Å²) in [6.07, 6.45) is 2.62. The van der Waals surface area contributed by atoms with E-state index in [-0.39, 0.29) is 26.2 Å². The summed E-state index contributed by atoms with van der Waals surface area (Å²) in [6, 6.07) is 5.63. The average molecular weight is 649 g/mol. The Balaban J connectivity index is 1.62. The number of amides is 3. The Morgan fingerprint density at radius 2 is 1.64 bits per heavy atom. The number of benzene rings is 1. The third-order valence-corrected chi connectivity index (χ3v) is 9.26. The van der Waals surface area contributed by atoms with Gasteiger partial charge in [0, 0.05) is 57.3 Å². The molecule has 2 aliphatic heterocycles. The van der Waals surface area contributed by atoms with Gasteiger partial charge in [-0.1, -0.05) is 0 Å². The van der Waals surface area contributed by atoms with Crippen molar-refractivity contribution in [1.29, 1.82) is 0 Å². The molecule has 0 radical (unpaired) electrons. The summed E-state index contributed by atoms with van der Waals surface area (Å²) in [6.45, 7) is 1.10. The third kappa shape index (κ3) is 7.20. The van der Waals surface area contributed by atoms with Gasteiger partial charge in [-0.3, -0.25) is 24.2 Å². The second kappa shape index (κ2) is 13.6. The molecule has 2 N–H and O–H groups in total. The number of nitrogens with one attached hydrogen (secondary N) is 1. The van der Waals surface area contributed by atoms with Crippen molar-refractivity contribution in [2.75, 3.05) is 57.8 Å². The van der Waals surface area contributed by atoms with Crippen LogP contribution in [0.4, 0.5) is 10.1 Å². The predicted molar refractivity (Wildman–Crippen MR) is 155 cm³/mol. The lowest BCUT2D eigenvalue weighted by Crippen LogP contribution is -2.72. The first kappa shape index (κ1) is 33.3. The van der Waals surface area contributed by atoms with Crippen LogP contribution in [-0.4, -0.2) is 127 Å². The van der Waals surface area contributed by atoms with Crippen LogP contribution in [0, 0.1) is 5.82 Å². The van der Waals surface area contributed by atoms with Gasteiger partial charge in [-0.2, -0.15) is 4.72 Å². The molecule has 2 saturated heterocycles. The number of aromatic nitrogens is 1. The molecule has 15 nitrogen and oxygen atoms in total. The molecule has 3 heterocycles. The number of carbonyl (C=O) groups excluding carboxylic acids is 4. The van der Waals surface area contributed by atoms with Crippen LogP contribution >= 0.6 is 0 Å². The highest BCUT2D eigenvalue weighted by molar-refractivity contribution is 7.89. The maximum atomic E-state index is 14.1. The first-order valence-corrected chi connectivity index (χ1v) is 15.4. The van der Waals surface area contributed by atoms with Crippen molar-refractivity contribution < 1.29 is 46.6 Å². The van der Waals surface area contributed by atoms with E-state index in [9.17, 15) is 41.9 Å². The minimum atomic E-state index is -4.52. The molecule has 4 rings (SSSR count). The SMILES string of the molecule is COC(=O)[C@@]1(C)C(=O)N(CC(=O)O)CCN1C(=O)[C@H](CC(=O)N1CCN(c2ccncc2)CC1)NS(=O)(=O)c1ccc(F)cc1. The van der Waals surface area contributed by atoms with E-state index >= 15 is 0 Å². The van der Waals surface area contributed by atoms with Crippen LogP contribution in [0.15, 0.2) is 53.7 Å². The zero-order valence-electron chi connectivity index (χ0n) is 24.6. The fourth-order valence-corrected chi connectivity index (χ4v) is 6.51. The van der Waals surface area contributed by atoms with Crippen molar-refractivity contribution in [3.63, 3.8) is 0 Å².